The van der Waals surface area contributed by atoms with Crippen LogP contribution in [0.4, 0.5) is 13.2 Å². The fourth-order valence-corrected chi connectivity index (χ4v) is 4.79. The van der Waals surface area contributed by atoms with Crippen molar-refractivity contribution < 1.29 is 17.9 Å². The molecule has 2 fully saturated rings. The molecule has 5 rings (SSSR count). The molecule has 151 valence electrons. The van der Waals surface area contributed by atoms with Gasteiger partial charge in [0.1, 0.15) is 5.75 Å². The van der Waals surface area contributed by atoms with Crippen molar-refractivity contribution in [2.75, 3.05) is 13.1 Å². The lowest BCUT2D eigenvalue weighted by Gasteiger charge is -2.18. The molecule has 2 unspecified atom stereocenters. The molecular weight excluding hydrogens is 377 g/mol. The molecule has 29 heavy (non-hydrogen) atoms. The molecule has 2 atom stereocenters. The highest BCUT2D eigenvalue weighted by molar-refractivity contribution is 5.80. The summed E-state index contributed by atoms with van der Waals surface area (Å²) in [6.45, 7) is 3.13. The number of benzene rings is 2. The molecule has 1 N–H and O–H groups in total. The summed E-state index contributed by atoms with van der Waals surface area (Å²) in [5, 5.41) is 1.25. The number of halogens is 3. The highest BCUT2D eigenvalue weighted by Gasteiger charge is 2.54. The third-order valence-corrected chi connectivity index (χ3v) is 6.14. The molecule has 1 radical (unpaired) electrons. The third-order valence-electron chi connectivity index (χ3n) is 6.14. The number of fused-ring (bicyclic) bond motifs is 2. The van der Waals surface area contributed by atoms with Gasteiger partial charge in [0.15, 0.2) is 0 Å². The number of hydrogen-bond acceptors (Lipinski definition) is 2. The molecule has 1 saturated heterocycles. The average Bonchev–Trinajstić information content (AvgIpc) is 3.00. The first-order valence-electron chi connectivity index (χ1n) is 9.93. The van der Waals surface area contributed by atoms with Crippen LogP contribution in [0, 0.1) is 24.2 Å². The summed E-state index contributed by atoms with van der Waals surface area (Å²) in [6.07, 6.45) is -1.71. The summed E-state index contributed by atoms with van der Waals surface area (Å²) in [5.74, 6) is 1.88. The average molecular weight is 399 g/mol. The summed E-state index contributed by atoms with van der Waals surface area (Å²) in [5.41, 5.74) is 3.21. The quantitative estimate of drug-likeness (QED) is 0.602. The third kappa shape index (κ3) is 4.13. The van der Waals surface area contributed by atoms with E-state index in [1.54, 1.807) is 6.07 Å². The Bertz CT molecular complexity index is 968. The summed E-state index contributed by atoms with van der Waals surface area (Å²) in [7, 11) is 0. The van der Waals surface area contributed by atoms with Crippen molar-refractivity contribution in [2.24, 2.45) is 17.8 Å². The van der Waals surface area contributed by atoms with Gasteiger partial charge in [0.05, 0.1) is 0 Å². The Morgan fingerprint density at radius 3 is 2.59 bits per heavy atom. The molecule has 0 spiro atoms. The molecule has 2 aliphatic rings. The molecule has 0 amide bonds. The SMILES string of the molecule is FC(F)(F)Oc1cccc([CH]CC2C3CN(Cc4cc5ccccc5[nH]4)CC23)c1. The molecular formula is C23H22F3N2O. The van der Waals surface area contributed by atoms with E-state index in [1.807, 2.05) is 18.6 Å². The first-order valence-corrected chi connectivity index (χ1v) is 9.93. The van der Waals surface area contributed by atoms with Gasteiger partial charge < -0.3 is 9.72 Å². The molecule has 0 bridgehead atoms. The van der Waals surface area contributed by atoms with Crippen LogP contribution < -0.4 is 4.74 Å². The summed E-state index contributed by atoms with van der Waals surface area (Å²) in [6, 6.07) is 16.7. The number of hydrogen-bond donors (Lipinski definition) is 1. The van der Waals surface area contributed by atoms with Crippen molar-refractivity contribution in [3.8, 4) is 5.75 Å². The minimum absolute atomic E-state index is 0.160. The maximum Gasteiger partial charge on any atom is 0.573 e. The van der Waals surface area contributed by atoms with E-state index >= 15 is 0 Å². The molecule has 6 heteroatoms. The maximum absolute atomic E-state index is 12.4. The van der Waals surface area contributed by atoms with E-state index in [4.69, 9.17) is 0 Å². The van der Waals surface area contributed by atoms with Gasteiger partial charge in [-0.25, -0.2) is 0 Å². The molecule has 1 aliphatic heterocycles. The fraction of sp³-hybridized carbons (Fsp3) is 0.348. The predicted molar refractivity (Wildman–Crippen MR) is 105 cm³/mol. The van der Waals surface area contributed by atoms with Crippen LogP contribution in [0.15, 0.2) is 54.6 Å². The van der Waals surface area contributed by atoms with Crippen LogP contribution >= 0.6 is 0 Å². The van der Waals surface area contributed by atoms with Crippen LogP contribution in [0.2, 0.25) is 0 Å². The molecule has 1 aromatic heterocycles. The number of aromatic nitrogens is 1. The number of nitrogens with zero attached hydrogens (tertiary/aromatic N) is 1. The lowest BCUT2D eigenvalue weighted by Crippen LogP contribution is -2.24. The zero-order valence-electron chi connectivity index (χ0n) is 15.8. The highest BCUT2D eigenvalue weighted by atomic mass is 19.4. The van der Waals surface area contributed by atoms with Gasteiger partial charge in [0.2, 0.25) is 0 Å². The predicted octanol–water partition coefficient (Wildman–Crippen LogP) is 5.39. The second-order valence-corrected chi connectivity index (χ2v) is 8.13. The van der Waals surface area contributed by atoms with Crippen LogP contribution in [-0.4, -0.2) is 29.3 Å². The van der Waals surface area contributed by atoms with Crippen molar-refractivity contribution in [3.05, 3.63) is 72.3 Å². The molecule has 3 nitrogen and oxygen atoms in total. The molecule has 1 saturated carbocycles. The number of ether oxygens (including phenoxy) is 1. The largest absolute Gasteiger partial charge is 0.573 e. The second kappa shape index (κ2) is 7.10. The summed E-state index contributed by atoms with van der Waals surface area (Å²) in [4.78, 5) is 5.99. The second-order valence-electron chi connectivity index (χ2n) is 8.13. The number of piperidine rings is 1. The van der Waals surface area contributed by atoms with Gasteiger partial charge in [0, 0.05) is 30.8 Å². The van der Waals surface area contributed by atoms with E-state index in [0.717, 1.165) is 31.6 Å². The van der Waals surface area contributed by atoms with E-state index < -0.39 is 6.36 Å². The Labute approximate surface area is 167 Å². The van der Waals surface area contributed by atoms with Gasteiger partial charge in [-0.1, -0.05) is 30.3 Å². The van der Waals surface area contributed by atoms with Crippen LogP contribution in [0.1, 0.15) is 17.7 Å². The Morgan fingerprint density at radius 1 is 1.03 bits per heavy atom. The Balaban J connectivity index is 1.11. The number of para-hydroxylation sites is 1. The number of rotatable bonds is 6. The number of nitrogens with one attached hydrogen (secondary N) is 1. The molecule has 2 heterocycles. The van der Waals surface area contributed by atoms with Crippen molar-refractivity contribution in [3.63, 3.8) is 0 Å². The van der Waals surface area contributed by atoms with Crippen molar-refractivity contribution in [1.29, 1.82) is 0 Å². The fourth-order valence-electron chi connectivity index (χ4n) is 4.79. The van der Waals surface area contributed by atoms with Gasteiger partial charge in [-0.2, -0.15) is 0 Å². The zero-order chi connectivity index (χ0) is 20.0. The van der Waals surface area contributed by atoms with Crippen molar-refractivity contribution in [1.82, 2.24) is 9.88 Å². The van der Waals surface area contributed by atoms with Crippen molar-refractivity contribution >= 4 is 10.9 Å². The van der Waals surface area contributed by atoms with Crippen LogP contribution in [0.5, 0.6) is 5.75 Å². The smallest absolute Gasteiger partial charge is 0.406 e. The van der Waals surface area contributed by atoms with E-state index in [-0.39, 0.29) is 5.75 Å². The van der Waals surface area contributed by atoms with Crippen LogP contribution in [-0.2, 0) is 6.54 Å². The van der Waals surface area contributed by atoms with Crippen molar-refractivity contribution in [2.45, 2.75) is 19.3 Å². The number of H-pyrrole nitrogens is 1. The summed E-state index contributed by atoms with van der Waals surface area (Å²) < 4.78 is 41.1. The number of aromatic amines is 1. The van der Waals surface area contributed by atoms with Gasteiger partial charge in [-0.3, -0.25) is 4.90 Å². The number of likely N-dealkylation sites (tertiary alicyclic amines) is 1. The maximum atomic E-state index is 12.4. The number of alkyl halides is 3. The topological polar surface area (TPSA) is 28.3 Å². The highest BCUT2D eigenvalue weighted by Crippen LogP contribution is 2.54. The standard InChI is InChI=1S/C23H22F3N2O/c24-23(25,26)29-18-6-3-4-15(10-18)8-9-19-20-13-28(14-21(19)20)12-17-11-16-5-1-2-7-22(16)27-17/h1-8,10-11,19-21,27H,9,12-14H2. The van der Waals surface area contributed by atoms with E-state index in [1.165, 1.54) is 28.7 Å². The van der Waals surface area contributed by atoms with E-state index in [9.17, 15) is 13.2 Å². The Hall–Kier alpha value is -2.47. The summed E-state index contributed by atoms with van der Waals surface area (Å²) >= 11 is 0. The van der Waals surface area contributed by atoms with Gasteiger partial charge >= 0.3 is 6.36 Å². The van der Waals surface area contributed by atoms with Crippen LogP contribution in [0.25, 0.3) is 10.9 Å². The molecule has 2 aromatic carbocycles. The first kappa shape index (κ1) is 18.6. The normalized spacial score (nSPS) is 24.0. The monoisotopic (exact) mass is 399 g/mol. The first-order chi connectivity index (χ1) is 13.9. The van der Waals surface area contributed by atoms with Crippen LogP contribution in [0.3, 0.4) is 0 Å². The van der Waals surface area contributed by atoms with Gasteiger partial charge in [-0.05, 0) is 65.8 Å². The minimum Gasteiger partial charge on any atom is -0.406 e. The lowest BCUT2D eigenvalue weighted by molar-refractivity contribution is -0.274. The van der Waals surface area contributed by atoms with E-state index in [0.29, 0.717) is 17.8 Å². The molecule has 1 aliphatic carbocycles. The minimum atomic E-state index is -4.65. The molecule has 3 aromatic rings. The van der Waals surface area contributed by atoms with Gasteiger partial charge in [0.25, 0.3) is 0 Å². The Morgan fingerprint density at radius 2 is 1.83 bits per heavy atom. The van der Waals surface area contributed by atoms with E-state index in [2.05, 4.69) is 38.9 Å². The zero-order valence-corrected chi connectivity index (χ0v) is 15.8. The van der Waals surface area contributed by atoms with Gasteiger partial charge in [-0.15, -0.1) is 13.2 Å². The lowest BCUT2D eigenvalue weighted by atomic mass is 10.0. The Kier molecular flexibility index (Phi) is 4.54.